The molecule has 0 aromatic heterocycles. The maximum Gasteiger partial charge on any atom is 0.303 e. The Labute approximate surface area is 122 Å². The molecular weight excluding hydrogens is 276 g/mol. The van der Waals surface area contributed by atoms with Gasteiger partial charge in [-0.15, -0.1) is 0 Å². The third-order valence-corrected chi connectivity index (χ3v) is 2.66. The molecule has 2 amide bonds. The van der Waals surface area contributed by atoms with Crippen LogP contribution in [0.4, 0.5) is 0 Å². The first-order valence-electron chi connectivity index (χ1n) is 6.27. The van der Waals surface area contributed by atoms with Crippen molar-refractivity contribution < 1.29 is 23.9 Å². The van der Waals surface area contributed by atoms with Crippen molar-refractivity contribution >= 4 is 17.8 Å². The molecule has 1 rings (SSSR count). The molecule has 0 heterocycles. The monoisotopic (exact) mass is 294 g/mol. The number of carbonyl (C=O) groups excluding carboxylic acids is 3. The Balaban J connectivity index is 2.67. The maximum absolute atomic E-state index is 11.6. The van der Waals surface area contributed by atoms with Crippen LogP contribution in [0.2, 0.25) is 0 Å². The van der Waals surface area contributed by atoms with Crippen LogP contribution in [-0.2, 0) is 25.5 Å². The SMILES string of the molecule is COc1cccc(C[C@@H](NC(=O)COC(C)=O)C(N)=O)c1. The summed E-state index contributed by atoms with van der Waals surface area (Å²) >= 11 is 0. The molecule has 0 spiro atoms. The number of rotatable bonds is 7. The quantitative estimate of drug-likeness (QED) is 0.675. The number of ether oxygens (including phenoxy) is 2. The number of nitrogens with one attached hydrogen (secondary N) is 1. The van der Waals surface area contributed by atoms with Gasteiger partial charge in [-0.25, -0.2) is 0 Å². The van der Waals surface area contributed by atoms with Crippen LogP contribution in [0.1, 0.15) is 12.5 Å². The molecule has 0 aliphatic heterocycles. The molecule has 0 radical (unpaired) electrons. The molecular formula is C14H18N2O5. The lowest BCUT2D eigenvalue weighted by atomic mass is 10.1. The summed E-state index contributed by atoms with van der Waals surface area (Å²) in [7, 11) is 1.53. The van der Waals surface area contributed by atoms with Crippen LogP contribution in [0, 0.1) is 0 Å². The predicted molar refractivity (Wildman–Crippen MR) is 74.5 cm³/mol. The number of methoxy groups -OCH3 is 1. The van der Waals surface area contributed by atoms with Gasteiger partial charge < -0.3 is 20.5 Å². The van der Waals surface area contributed by atoms with Crippen LogP contribution in [-0.4, -0.2) is 37.5 Å². The fourth-order valence-corrected chi connectivity index (χ4v) is 1.66. The third kappa shape index (κ3) is 5.94. The number of benzene rings is 1. The Morgan fingerprint density at radius 1 is 1.33 bits per heavy atom. The van der Waals surface area contributed by atoms with Gasteiger partial charge in [0.2, 0.25) is 5.91 Å². The number of amides is 2. The van der Waals surface area contributed by atoms with Crippen molar-refractivity contribution in [2.24, 2.45) is 5.73 Å². The summed E-state index contributed by atoms with van der Waals surface area (Å²) in [6.07, 6.45) is 0.221. The minimum atomic E-state index is -0.889. The third-order valence-electron chi connectivity index (χ3n) is 2.66. The van der Waals surface area contributed by atoms with Crippen LogP contribution in [0.15, 0.2) is 24.3 Å². The molecule has 3 N–H and O–H groups in total. The Morgan fingerprint density at radius 2 is 2.05 bits per heavy atom. The molecule has 0 fully saturated rings. The summed E-state index contributed by atoms with van der Waals surface area (Å²) in [5, 5.41) is 2.43. The standard InChI is InChI=1S/C14H18N2O5/c1-9(17)21-8-13(18)16-12(14(15)19)7-10-4-3-5-11(6-10)20-2/h3-6,12H,7-8H2,1-2H3,(H2,15,19)(H,16,18)/t12-/m1/s1. The van der Waals surface area contributed by atoms with Crippen molar-refractivity contribution in [3.63, 3.8) is 0 Å². The van der Waals surface area contributed by atoms with Gasteiger partial charge in [-0.05, 0) is 17.7 Å². The Morgan fingerprint density at radius 3 is 2.62 bits per heavy atom. The van der Waals surface area contributed by atoms with Gasteiger partial charge in [0.25, 0.3) is 5.91 Å². The fourth-order valence-electron chi connectivity index (χ4n) is 1.66. The number of hydrogen-bond acceptors (Lipinski definition) is 5. The lowest BCUT2D eigenvalue weighted by molar-refractivity contribution is -0.146. The van der Waals surface area contributed by atoms with E-state index in [0.717, 1.165) is 5.56 Å². The zero-order chi connectivity index (χ0) is 15.8. The first-order chi connectivity index (χ1) is 9.92. The van der Waals surface area contributed by atoms with Crippen molar-refractivity contribution in [2.75, 3.05) is 13.7 Å². The second kappa shape index (κ2) is 7.88. The molecule has 0 aliphatic rings. The molecule has 21 heavy (non-hydrogen) atoms. The molecule has 0 saturated carbocycles. The van der Waals surface area contributed by atoms with E-state index >= 15 is 0 Å². The predicted octanol–water partition coefficient (Wildman–Crippen LogP) is -0.229. The first kappa shape index (κ1) is 16.5. The van der Waals surface area contributed by atoms with Crippen molar-refractivity contribution in [3.8, 4) is 5.75 Å². The van der Waals surface area contributed by atoms with E-state index in [1.54, 1.807) is 24.3 Å². The summed E-state index contributed by atoms with van der Waals surface area (Å²) in [5.74, 6) is -1.19. The lowest BCUT2D eigenvalue weighted by Gasteiger charge is -2.16. The number of nitrogens with two attached hydrogens (primary N) is 1. The van der Waals surface area contributed by atoms with Crippen LogP contribution in [0.5, 0.6) is 5.75 Å². The van der Waals surface area contributed by atoms with Gasteiger partial charge in [-0.2, -0.15) is 0 Å². The molecule has 1 aromatic carbocycles. The summed E-state index contributed by atoms with van der Waals surface area (Å²) in [4.78, 5) is 33.6. The number of carbonyl (C=O) groups is 3. The van der Waals surface area contributed by atoms with E-state index in [4.69, 9.17) is 10.5 Å². The van der Waals surface area contributed by atoms with Crippen molar-refractivity contribution in [1.29, 1.82) is 0 Å². The topological polar surface area (TPSA) is 108 Å². The van der Waals surface area contributed by atoms with Crippen molar-refractivity contribution in [1.82, 2.24) is 5.32 Å². The average molecular weight is 294 g/mol. The van der Waals surface area contributed by atoms with Gasteiger partial charge >= 0.3 is 5.97 Å². The maximum atomic E-state index is 11.6. The van der Waals surface area contributed by atoms with Crippen molar-refractivity contribution in [3.05, 3.63) is 29.8 Å². The fraction of sp³-hybridized carbons (Fsp3) is 0.357. The van der Waals surface area contributed by atoms with E-state index in [-0.39, 0.29) is 6.42 Å². The highest BCUT2D eigenvalue weighted by Crippen LogP contribution is 2.14. The Kier molecular flexibility index (Phi) is 6.19. The lowest BCUT2D eigenvalue weighted by Crippen LogP contribution is -2.47. The minimum Gasteiger partial charge on any atom is -0.497 e. The molecule has 1 aromatic rings. The smallest absolute Gasteiger partial charge is 0.303 e. The molecule has 0 unspecified atom stereocenters. The summed E-state index contributed by atoms with van der Waals surface area (Å²) in [6.45, 7) is 0.742. The number of primary amides is 1. The number of hydrogen-bond donors (Lipinski definition) is 2. The van der Waals surface area contributed by atoms with Crippen LogP contribution < -0.4 is 15.8 Å². The first-order valence-corrected chi connectivity index (χ1v) is 6.27. The van der Waals surface area contributed by atoms with Gasteiger partial charge in [0.05, 0.1) is 7.11 Å². The van der Waals surface area contributed by atoms with Gasteiger partial charge in [0.15, 0.2) is 6.61 Å². The summed E-state index contributed by atoms with van der Waals surface area (Å²) < 4.78 is 9.63. The van der Waals surface area contributed by atoms with E-state index in [1.165, 1.54) is 14.0 Å². The van der Waals surface area contributed by atoms with Gasteiger partial charge in [-0.3, -0.25) is 14.4 Å². The molecule has 0 saturated heterocycles. The molecule has 114 valence electrons. The molecule has 0 aliphatic carbocycles. The second-order valence-corrected chi connectivity index (χ2v) is 4.36. The normalized spacial score (nSPS) is 11.3. The largest absolute Gasteiger partial charge is 0.497 e. The zero-order valence-corrected chi connectivity index (χ0v) is 11.9. The Bertz CT molecular complexity index is 530. The molecule has 7 nitrogen and oxygen atoms in total. The second-order valence-electron chi connectivity index (χ2n) is 4.36. The van der Waals surface area contributed by atoms with E-state index in [2.05, 4.69) is 10.1 Å². The average Bonchev–Trinajstić information content (AvgIpc) is 2.44. The Hall–Kier alpha value is -2.57. The molecule has 0 bridgehead atoms. The van der Waals surface area contributed by atoms with Crippen LogP contribution in [0.25, 0.3) is 0 Å². The molecule has 7 heteroatoms. The van der Waals surface area contributed by atoms with Crippen LogP contribution in [0.3, 0.4) is 0 Å². The van der Waals surface area contributed by atoms with E-state index < -0.39 is 30.4 Å². The van der Waals surface area contributed by atoms with Gasteiger partial charge in [-0.1, -0.05) is 12.1 Å². The van der Waals surface area contributed by atoms with E-state index in [0.29, 0.717) is 5.75 Å². The van der Waals surface area contributed by atoms with Gasteiger partial charge in [0, 0.05) is 13.3 Å². The highest BCUT2D eigenvalue weighted by Gasteiger charge is 2.19. The van der Waals surface area contributed by atoms with E-state index in [9.17, 15) is 14.4 Å². The van der Waals surface area contributed by atoms with Gasteiger partial charge in [0.1, 0.15) is 11.8 Å². The van der Waals surface area contributed by atoms with E-state index in [1.807, 2.05) is 0 Å². The highest BCUT2D eigenvalue weighted by atomic mass is 16.5. The number of esters is 1. The zero-order valence-electron chi connectivity index (χ0n) is 11.9. The summed E-state index contributed by atoms with van der Waals surface area (Å²) in [5.41, 5.74) is 6.05. The van der Waals surface area contributed by atoms with Crippen molar-refractivity contribution in [2.45, 2.75) is 19.4 Å². The summed E-state index contributed by atoms with van der Waals surface area (Å²) in [6, 6.07) is 6.18. The minimum absolute atomic E-state index is 0.221. The highest BCUT2D eigenvalue weighted by molar-refractivity contribution is 5.88. The van der Waals surface area contributed by atoms with Crippen LogP contribution >= 0.6 is 0 Å². The molecule has 1 atom stereocenters.